The standard InChI is InChI=1S/C10H13BrFNO2/c1-6(4-14)5-15-10-3-8(12)7(11)2-9(10)13/h2-3,6,14H,4-5,13H2,1H3. The highest BCUT2D eigenvalue weighted by molar-refractivity contribution is 9.10. The third-order valence-electron chi connectivity index (χ3n) is 1.89. The lowest BCUT2D eigenvalue weighted by molar-refractivity contribution is 0.174. The van der Waals surface area contributed by atoms with Gasteiger partial charge in [-0.15, -0.1) is 0 Å². The molecule has 0 aliphatic heterocycles. The van der Waals surface area contributed by atoms with E-state index in [1.165, 1.54) is 12.1 Å². The Hall–Kier alpha value is -0.810. The Morgan fingerprint density at radius 2 is 2.27 bits per heavy atom. The van der Waals surface area contributed by atoms with Crippen molar-refractivity contribution >= 4 is 21.6 Å². The third kappa shape index (κ3) is 3.35. The second-order valence-corrected chi connectivity index (χ2v) is 4.26. The Morgan fingerprint density at radius 3 is 2.87 bits per heavy atom. The van der Waals surface area contributed by atoms with Gasteiger partial charge in [0.2, 0.25) is 0 Å². The summed E-state index contributed by atoms with van der Waals surface area (Å²) in [5.74, 6) is -0.122. The largest absolute Gasteiger partial charge is 0.491 e. The SMILES string of the molecule is CC(CO)COc1cc(F)c(Br)cc1N. The van der Waals surface area contributed by atoms with Crippen molar-refractivity contribution in [2.75, 3.05) is 18.9 Å². The molecule has 0 saturated heterocycles. The molecule has 5 heteroatoms. The predicted octanol–water partition coefficient (Wildman–Crippen LogP) is 2.18. The number of aliphatic hydroxyl groups is 1. The van der Waals surface area contributed by atoms with E-state index in [2.05, 4.69) is 15.9 Å². The molecule has 15 heavy (non-hydrogen) atoms. The molecule has 0 amide bonds. The van der Waals surface area contributed by atoms with Gasteiger partial charge in [-0.1, -0.05) is 6.92 Å². The molecule has 0 saturated carbocycles. The first-order valence-electron chi connectivity index (χ1n) is 4.52. The summed E-state index contributed by atoms with van der Waals surface area (Å²) >= 11 is 3.02. The fourth-order valence-corrected chi connectivity index (χ4v) is 1.31. The van der Waals surface area contributed by atoms with E-state index in [0.717, 1.165) is 0 Å². The highest BCUT2D eigenvalue weighted by Gasteiger charge is 2.08. The van der Waals surface area contributed by atoms with Crippen molar-refractivity contribution in [2.24, 2.45) is 5.92 Å². The van der Waals surface area contributed by atoms with Gasteiger partial charge in [0.15, 0.2) is 0 Å². The number of nitrogen functional groups attached to an aromatic ring is 1. The van der Waals surface area contributed by atoms with Gasteiger partial charge in [-0.25, -0.2) is 4.39 Å². The van der Waals surface area contributed by atoms with Crippen LogP contribution in [0.25, 0.3) is 0 Å². The molecule has 0 aromatic heterocycles. The van der Waals surface area contributed by atoms with Crippen LogP contribution in [0.2, 0.25) is 0 Å². The maximum atomic E-state index is 13.1. The summed E-state index contributed by atoms with van der Waals surface area (Å²) in [5.41, 5.74) is 6.00. The van der Waals surface area contributed by atoms with E-state index in [-0.39, 0.29) is 12.5 Å². The minimum atomic E-state index is -0.421. The summed E-state index contributed by atoms with van der Waals surface area (Å²) in [6, 6.07) is 2.68. The van der Waals surface area contributed by atoms with Crippen LogP contribution < -0.4 is 10.5 Å². The van der Waals surface area contributed by atoms with Crippen LogP contribution >= 0.6 is 15.9 Å². The van der Waals surface area contributed by atoms with Crippen LogP contribution in [-0.4, -0.2) is 18.3 Å². The summed E-state index contributed by atoms with van der Waals surface area (Å²) in [7, 11) is 0. The lowest BCUT2D eigenvalue weighted by Gasteiger charge is -2.12. The van der Waals surface area contributed by atoms with Crippen molar-refractivity contribution in [2.45, 2.75) is 6.92 Å². The van der Waals surface area contributed by atoms with Crippen molar-refractivity contribution in [1.82, 2.24) is 0 Å². The van der Waals surface area contributed by atoms with Gasteiger partial charge < -0.3 is 15.6 Å². The van der Waals surface area contributed by atoms with Crippen LogP contribution in [0.3, 0.4) is 0 Å². The van der Waals surface area contributed by atoms with Crippen LogP contribution in [-0.2, 0) is 0 Å². The van der Waals surface area contributed by atoms with Gasteiger partial charge in [-0.3, -0.25) is 0 Å². The number of hydrogen-bond donors (Lipinski definition) is 2. The molecule has 0 aliphatic rings. The third-order valence-corrected chi connectivity index (χ3v) is 2.50. The van der Waals surface area contributed by atoms with Crippen molar-refractivity contribution in [3.05, 3.63) is 22.4 Å². The molecule has 0 spiro atoms. The summed E-state index contributed by atoms with van der Waals surface area (Å²) in [6.07, 6.45) is 0. The maximum Gasteiger partial charge on any atom is 0.145 e. The lowest BCUT2D eigenvalue weighted by Crippen LogP contribution is -2.13. The first kappa shape index (κ1) is 12.3. The maximum absolute atomic E-state index is 13.1. The van der Waals surface area contributed by atoms with Crippen molar-refractivity contribution in [1.29, 1.82) is 0 Å². The number of nitrogens with two attached hydrogens (primary N) is 1. The van der Waals surface area contributed by atoms with Crippen molar-refractivity contribution in [3.63, 3.8) is 0 Å². The van der Waals surface area contributed by atoms with E-state index in [9.17, 15) is 4.39 Å². The van der Waals surface area contributed by atoms with E-state index < -0.39 is 5.82 Å². The van der Waals surface area contributed by atoms with E-state index in [1.54, 1.807) is 0 Å². The van der Waals surface area contributed by atoms with E-state index >= 15 is 0 Å². The van der Waals surface area contributed by atoms with Crippen LogP contribution in [0.4, 0.5) is 10.1 Å². The monoisotopic (exact) mass is 277 g/mol. The summed E-state index contributed by atoms with van der Waals surface area (Å²) in [6.45, 7) is 2.16. The second kappa shape index (κ2) is 5.32. The Bertz CT molecular complexity index is 346. The molecule has 1 rings (SSSR count). The number of rotatable bonds is 4. The number of hydrogen-bond acceptors (Lipinski definition) is 3. The number of ether oxygens (including phenoxy) is 1. The number of aliphatic hydroxyl groups excluding tert-OH is 1. The summed E-state index contributed by atoms with van der Waals surface area (Å²) < 4.78 is 18.7. The molecular formula is C10H13BrFNO2. The molecule has 0 fully saturated rings. The molecule has 1 unspecified atom stereocenters. The quantitative estimate of drug-likeness (QED) is 0.830. The Morgan fingerprint density at radius 1 is 1.60 bits per heavy atom. The smallest absolute Gasteiger partial charge is 0.145 e. The molecule has 1 aromatic rings. The van der Waals surface area contributed by atoms with E-state index in [0.29, 0.717) is 22.5 Å². The zero-order valence-corrected chi connectivity index (χ0v) is 9.92. The van der Waals surface area contributed by atoms with Crippen LogP contribution in [0.1, 0.15) is 6.92 Å². The van der Waals surface area contributed by atoms with Crippen LogP contribution in [0, 0.1) is 11.7 Å². The predicted molar refractivity (Wildman–Crippen MR) is 60.3 cm³/mol. The number of anilines is 1. The van der Waals surface area contributed by atoms with Gasteiger partial charge in [-0.2, -0.15) is 0 Å². The number of halogens is 2. The fraction of sp³-hybridized carbons (Fsp3) is 0.400. The van der Waals surface area contributed by atoms with Crippen LogP contribution in [0.5, 0.6) is 5.75 Å². The minimum Gasteiger partial charge on any atom is -0.491 e. The molecule has 0 heterocycles. The summed E-state index contributed by atoms with van der Waals surface area (Å²) in [5, 5.41) is 8.79. The van der Waals surface area contributed by atoms with Crippen molar-refractivity contribution < 1.29 is 14.2 Å². The second-order valence-electron chi connectivity index (χ2n) is 3.40. The first-order chi connectivity index (χ1) is 7.04. The zero-order chi connectivity index (χ0) is 11.4. The fourth-order valence-electron chi connectivity index (χ4n) is 0.954. The molecule has 1 aromatic carbocycles. The Kier molecular flexibility index (Phi) is 4.35. The van der Waals surface area contributed by atoms with E-state index in [1.807, 2.05) is 6.92 Å². The number of benzene rings is 1. The normalized spacial score (nSPS) is 12.5. The van der Waals surface area contributed by atoms with Crippen LogP contribution in [0.15, 0.2) is 16.6 Å². The molecule has 1 atom stereocenters. The topological polar surface area (TPSA) is 55.5 Å². The highest BCUT2D eigenvalue weighted by Crippen LogP contribution is 2.28. The molecular weight excluding hydrogens is 265 g/mol. The van der Waals surface area contributed by atoms with Gasteiger partial charge >= 0.3 is 0 Å². The molecule has 3 N–H and O–H groups in total. The Labute approximate surface area is 96.2 Å². The minimum absolute atomic E-state index is 0.00360. The van der Waals surface area contributed by atoms with Gasteiger partial charge in [0.1, 0.15) is 11.6 Å². The van der Waals surface area contributed by atoms with Crippen molar-refractivity contribution in [3.8, 4) is 5.75 Å². The molecule has 3 nitrogen and oxygen atoms in total. The molecule has 84 valence electrons. The van der Waals surface area contributed by atoms with E-state index in [4.69, 9.17) is 15.6 Å². The van der Waals surface area contributed by atoms with Gasteiger partial charge in [0.05, 0.1) is 16.8 Å². The summed E-state index contributed by atoms with van der Waals surface area (Å²) in [4.78, 5) is 0. The van der Waals surface area contributed by atoms with Gasteiger partial charge in [-0.05, 0) is 22.0 Å². The highest BCUT2D eigenvalue weighted by atomic mass is 79.9. The van der Waals surface area contributed by atoms with Gasteiger partial charge in [0, 0.05) is 18.6 Å². The lowest BCUT2D eigenvalue weighted by atomic mass is 10.2. The first-order valence-corrected chi connectivity index (χ1v) is 5.32. The van der Waals surface area contributed by atoms with Gasteiger partial charge in [0.25, 0.3) is 0 Å². The molecule has 0 radical (unpaired) electrons. The average Bonchev–Trinajstić information content (AvgIpc) is 2.21. The molecule has 0 aliphatic carbocycles. The molecule has 0 bridgehead atoms. The average molecular weight is 278 g/mol. The zero-order valence-electron chi connectivity index (χ0n) is 8.34. The Balaban J connectivity index is 2.73.